The lowest BCUT2D eigenvalue weighted by atomic mass is 10.1. The molecule has 0 radical (unpaired) electrons. The predicted molar refractivity (Wildman–Crippen MR) is 87.6 cm³/mol. The molecule has 0 unspecified atom stereocenters. The Bertz CT molecular complexity index is 740. The fourth-order valence-electron chi connectivity index (χ4n) is 1.97. The van der Waals surface area contributed by atoms with Gasteiger partial charge in [-0.05, 0) is 39.3 Å². The summed E-state index contributed by atoms with van der Waals surface area (Å²) in [6, 6.07) is 5.84. The number of nitrogens with one attached hydrogen (secondary N) is 2. The number of H-pyrrole nitrogens is 1. The molecule has 0 aliphatic heterocycles. The van der Waals surface area contributed by atoms with Gasteiger partial charge < -0.3 is 15.0 Å². The minimum absolute atomic E-state index is 0.162. The van der Waals surface area contributed by atoms with E-state index < -0.39 is 0 Å². The number of hydrogen-bond donors (Lipinski definition) is 2. The van der Waals surface area contributed by atoms with Crippen LogP contribution in [0.15, 0.2) is 35.4 Å². The van der Waals surface area contributed by atoms with Gasteiger partial charge in [-0.2, -0.15) is 0 Å². The summed E-state index contributed by atoms with van der Waals surface area (Å²) in [6.45, 7) is 8.22. The molecule has 23 heavy (non-hydrogen) atoms. The van der Waals surface area contributed by atoms with E-state index in [1.54, 1.807) is 0 Å². The largest absolute Gasteiger partial charge is 0.488 e. The quantitative estimate of drug-likeness (QED) is 0.906. The fourth-order valence-corrected chi connectivity index (χ4v) is 1.97. The number of carbonyl (C=O) groups excluding carboxylic acids is 1. The van der Waals surface area contributed by atoms with Crippen molar-refractivity contribution in [3.63, 3.8) is 0 Å². The Hall–Kier alpha value is -2.63. The van der Waals surface area contributed by atoms with Crippen LogP contribution < -0.4 is 15.6 Å². The van der Waals surface area contributed by atoms with E-state index in [1.807, 2.05) is 45.9 Å². The summed E-state index contributed by atoms with van der Waals surface area (Å²) in [7, 11) is 0. The van der Waals surface area contributed by atoms with Crippen LogP contribution in [-0.2, 0) is 6.54 Å². The SMILES string of the molecule is Cc1ccc(CNC(=O)c2c[nH]c(=O)cn2)c(OC(C)(C)C)c1. The standard InChI is InChI=1S/C17H21N3O3/c1-11-5-6-12(14(7-11)23-17(2,3)4)8-20-16(22)13-9-19-15(21)10-18-13/h5-7,9-10H,8H2,1-4H3,(H,19,21)(H,20,22). The summed E-state index contributed by atoms with van der Waals surface area (Å²) in [6.07, 6.45) is 2.37. The molecule has 0 atom stereocenters. The van der Waals surface area contributed by atoms with Gasteiger partial charge in [-0.1, -0.05) is 12.1 Å². The topological polar surface area (TPSA) is 84.1 Å². The minimum atomic E-state index is -0.358. The van der Waals surface area contributed by atoms with Gasteiger partial charge in [0.1, 0.15) is 17.0 Å². The average Bonchev–Trinajstić information content (AvgIpc) is 2.45. The second-order valence-corrected chi connectivity index (χ2v) is 6.30. The second-order valence-electron chi connectivity index (χ2n) is 6.30. The van der Waals surface area contributed by atoms with E-state index in [1.165, 1.54) is 6.20 Å². The van der Waals surface area contributed by atoms with E-state index in [0.717, 1.165) is 23.1 Å². The smallest absolute Gasteiger partial charge is 0.271 e. The predicted octanol–water partition coefficient (Wildman–Crippen LogP) is 2.19. The first-order valence-electron chi connectivity index (χ1n) is 7.36. The van der Waals surface area contributed by atoms with Crippen molar-refractivity contribution >= 4 is 5.91 Å². The molecule has 1 heterocycles. The zero-order valence-corrected chi connectivity index (χ0v) is 13.8. The maximum atomic E-state index is 12.1. The number of aryl methyl sites for hydroxylation is 1. The zero-order valence-electron chi connectivity index (χ0n) is 13.8. The lowest BCUT2D eigenvalue weighted by Gasteiger charge is -2.23. The van der Waals surface area contributed by atoms with Crippen LogP contribution in [0.25, 0.3) is 0 Å². The fraction of sp³-hybridized carbons (Fsp3) is 0.353. The molecule has 122 valence electrons. The van der Waals surface area contributed by atoms with E-state index >= 15 is 0 Å². The van der Waals surface area contributed by atoms with Crippen molar-refractivity contribution in [1.82, 2.24) is 15.3 Å². The summed E-state index contributed by atoms with van der Waals surface area (Å²) in [5.74, 6) is 0.385. The zero-order chi connectivity index (χ0) is 17.0. The maximum Gasteiger partial charge on any atom is 0.271 e. The number of rotatable bonds is 4. The second kappa shape index (κ2) is 6.64. The highest BCUT2D eigenvalue weighted by Gasteiger charge is 2.15. The average molecular weight is 315 g/mol. The molecular weight excluding hydrogens is 294 g/mol. The molecule has 2 aromatic rings. The normalized spacial score (nSPS) is 11.1. The molecule has 0 bridgehead atoms. The van der Waals surface area contributed by atoms with Crippen molar-refractivity contribution in [2.24, 2.45) is 0 Å². The Morgan fingerprint density at radius 3 is 2.70 bits per heavy atom. The summed E-state index contributed by atoms with van der Waals surface area (Å²) in [4.78, 5) is 29.2. The van der Waals surface area contributed by atoms with Crippen LogP contribution in [0.3, 0.4) is 0 Å². The number of amides is 1. The first-order chi connectivity index (χ1) is 10.7. The Morgan fingerprint density at radius 1 is 1.35 bits per heavy atom. The van der Waals surface area contributed by atoms with Crippen molar-refractivity contribution in [1.29, 1.82) is 0 Å². The first-order valence-corrected chi connectivity index (χ1v) is 7.36. The molecule has 0 saturated heterocycles. The highest BCUT2D eigenvalue weighted by molar-refractivity contribution is 5.91. The molecule has 0 fully saturated rings. The summed E-state index contributed by atoms with van der Waals surface area (Å²) >= 11 is 0. The number of benzene rings is 1. The monoisotopic (exact) mass is 315 g/mol. The first kappa shape index (κ1) is 16.7. The van der Waals surface area contributed by atoms with Gasteiger partial charge in [-0.15, -0.1) is 0 Å². The van der Waals surface area contributed by atoms with Crippen LogP contribution in [0.1, 0.15) is 42.4 Å². The Kier molecular flexibility index (Phi) is 4.83. The number of carbonyl (C=O) groups is 1. The number of ether oxygens (including phenoxy) is 1. The van der Waals surface area contributed by atoms with Gasteiger partial charge in [0.05, 0.1) is 6.20 Å². The van der Waals surface area contributed by atoms with Crippen LogP contribution in [0, 0.1) is 6.92 Å². The van der Waals surface area contributed by atoms with Gasteiger partial charge in [-0.3, -0.25) is 9.59 Å². The highest BCUT2D eigenvalue weighted by Crippen LogP contribution is 2.24. The van der Waals surface area contributed by atoms with Crippen LogP contribution in [0.5, 0.6) is 5.75 Å². The molecule has 0 saturated carbocycles. The summed E-state index contributed by atoms with van der Waals surface area (Å²) in [5, 5.41) is 2.78. The van der Waals surface area contributed by atoms with Gasteiger partial charge in [0, 0.05) is 18.3 Å². The van der Waals surface area contributed by atoms with Crippen molar-refractivity contribution in [2.75, 3.05) is 0 Å². The molecule has 0 aliphatic carbocycles. The number of nitrogens with zero attached hydrogens (tertiary/aromatic N) is 1. The van der Waals surface area contributed by atoms with Gasteiger partial charge in [0.2, 0.25) is 0 Å². The third kappa shape index (κ3) is 4.95. The minimum Gasteiger partial charge on any atom is -0.488 e. The van der Waals surface area contributed by atoms with Gasteiger partial charge in [0.25, 0.3) is 11.5 Å². The number of hydrogen-bond acceptors (Lipinski definition) is 4. The maximum absolute atomic E-state index is 12.1. The molecule has 2 N–H and O–H groups in total. The van der Waals surface area contributed by atoms with Crippen LogP contribution in [0.4, 0.5) is 0 Å². The van der Waals surface area contributed by atoms with E-state index in [0.29, 0.717) is 6.54 Å². The number of aromatic amines is 1. The molecule has 6 nitrogen and oxygen atoms in total. The molecule has 1 aromatic heterocycles. The Labute approximate surface area is 134 Å². The Balaban J connectivity index is 2.12. The van der Waals surface area contributed by atoms with Gasteiger partial charge in [0.15, 0.2) is 0 Å². The Morgan fingerprint density at radius 2 is 2.09 bits per heavy atom. The summed E-state index contributed by atoms with van der Waals surface area (Å²) in [5.41, 5.74) is 1.45. The third-order valence-electron chi connectivity index (χ3n) is 2.98. The molecule has 1 amide bonds. The van der Waals surface area contributed by atoms with E-state index in [4.69, 9.17) is 4.74 Å². The molecular formula is C17H21N3O3. The van der Waals surface area contributed by atoms with Crippen LogP contribution >= 0.6 is 0 Å². The number of aromatic nitrogens is 2. The molecule has 1 aromatic carbocycles. The van der Waals surface area contributed by atoms with Gasteiger partial charge >= 0.3 is 0 Å². The van der Waals surface area contributed by atoms with Crippen molar-refractivity contribution < 1.29 is 9.53 Å². The molecule has 0 spiro atoms. The lowest BCUT2D eigenvalue weighted by Crippen LogP contribution is -2.27. The van der Waals surface area contributed by atoms with Crippen LogP contribution in [-0.4, -0.2) is 21.5 Å². The van der Waals surface area contributed by atoms with Crippen LogP contribution in [0.2, 0.25) is 0 Å². The van der Waals surface area contributed by atoms with Gasteiger partial charge in [-0.25, -0.2) is 4.98 Å². The summed E-state index contributed by atoms with van der Waals surface area (Å²) < 4.78 is 5.95. The van der Waals surface area contributed by atoms with E-state index in [2.05, 4.69) is 15.3 Å². The van der Waals surface area contributed by atoms with Crippen molar-refractivity contribution in [3.8, 4) is 5.75 Å². The van der Waals surface area contributed by atoms with Crippen molar-refractivity contribution in [2.45, 2.75) is 39.8 Å². The van der Waals surface area contributed by atoms with E-state index in [9.17, 15) is 9.59 Å². The molecule has 2 rings (SSSR count). The third-order valence-corrected chi connectivity index (χ3v) is 2.98. The lowest BCUT2D eigenvalue weighted by molar-refractivity contribution is 0.0944. The highest BCUT2D eigenvalue weighted by atomic mass is 16.5. The van der Waals surface area contributed by atoms with E-state index in [-0.39, 0.29) is 22.8 Å². The molecule has 6 heteroatoms. The van der Waals surface area contributed by atoms with Crippen molar-refractivity contribution in [3.05, 3.63) is 57.8 Å². The molecule has 0 aliphatic rings.